The van der Waals surface area contributed by atoms with Crippen LogP contribution >= 0.6 is 11.3 Å². The van der Waals surface area contributed by atoms with Gasteiger partial charge in [0.15, 0.2) is 0 Å². The minimum Gasteiger partial charge on any atom is -0.399 e. The molecule has 2 amide bonds. The molecule has 1 atom stereocenters. The maximum atomic E-state index is 12.0. The quantitative estimate of drug-likeness (QED) is 0.710. The van der Waals surface area contributed by atoms with Crippen molar-refractivity contribution < 1.29 is 9.59 Å². The van der Waals surface area contributed by atoms with Crippen molar-refractivity contribution >= 4 is 28.8 Å². The Morgan fingerprint density at radius 1 is 1.23 bits per heavy atom. The van der Waals surface area contributed by atoms with E-state index in [0.717, 1.165) is 17.7 Å². The predicted molar refractivity (Wildman–Crippen MR) is 88.8 cm³/mol. The number of carbonyl (C=O) groups is 2. The summed E-state index contributed by atoms with van der Waals surface area (Å²) in [7, 11) is 0. The normalized spacial score (nSPS) is 11.7. The molecule has 1 unspecified atom stereocenters. The number of nitrogens with two attached hydrogens (primary N) is 1. The standard InChI is InChI=1S/C16H19N3O2S/c1-11(19-16(21)14-3-2-10-22-14)15(20)18-9-8-12-4-6-13(17)7-5-12/h2-7,10-11H,8-9,17H2,1H3,(H,18,20)(H,19,21). The Labute approximate surface area is 133 Å². The molecule has 1 heterocycles. The number of nitrogens with one attached hydrogen (secondary N) is 2. The van der Waals surface area contributed by atoms with Gasteiger partial charge in [0.2, 0.25) is 5.91 Å². The van der Waals surface area contributed by atoms with Crippen molar-refractivity contribution in [3.05, 3.63) is 52.2 Å². The Morgan fingerprint density at radius 3 is 2.59 bits per heavy atom. The zero-order chi connectivity index (χ0) is 15.9. The van der Waals surface area contributed by atoms with Crippen LogP contribution in [0.5, 0.6) is 0 Å². The second-order valence-corrected chi connectivity index (χ2v) is 5.90. The molecule has 1 aromatic heterocycles. The molecule has 6 heteroatoms. The van der Waals surface area contributed by atoms with E-state index in [0.29, 0.717) is 11.4 Å². The summed E-state index contributed by atoms with van der Waals surface area (Å²) in [4.78, 5) is 24.4. The first-order valence-corrected chi connectivity index (χ1v) is 7.90. The van der Waals surface area contributed by atoms with E-state index < -0.39 is 6.04 Å². The van der Waals surface area contributed by atoms with Gasteiger partial charge in [0.05, 0.1) is 4.88 Å². The van der Waals surface area contributed by atoms with Crippen molar-refractivity contribution in [2.24, 2.45) is 0 Å². The van der Waals surface area contributed by atoms with Gasteiger partial charge in [0.1, 0.15) is 6.04 Å². The molecule has 0 radical (unpaired) electrons. The van der Waals surface area contributed by atoms with Crippen LogP contribution in [-0.4, -0.2) is 24.4 Å². The highest BCUT2D eigenvalue weighted by atomic mass is 32.1. The Kier molecular flexibility index (Phi) is 5.55. The van der Waals surface area contributed by atoms with Crippen molar-refractivity contribution in [3.63, 3.8) is 0 Å². The third kappa shape index (κ3) is 4.60. The minimum absolute atomic E-state index is 0.194. The second kappa shape index (κ2) is 7.61. The van der Waals surface area contributed by atoms with Gasteiger partial charge in [-0.25, -0.2) is 0 Å². The molecule has 1 aromatic carbocycles. The molecule has 0 aliphatic heterocycles. The van der Waals surface area contributed by atoms with Gasteiger partial charge in [0.25, 0.3) is 5.91 Å². The van der Waals surface area contributed by atoms with E-state index in [9.17, 15) is 9.59 Å². The summed E-state index contributed by atoms with van der Waals surface area (Å²) >= 11 is 1.35. The summed E-state index contributed by atoms with van der Waals surface area (Å²) < 4.78 is 0. The van der Waals surface area contributed by atoms with Crippen LogP contribution in [0.2, 0.25) is 0 Å². The molecule has 4 N–H and O–H groups in total. The van der Waals surface area contributed by atoms with Crippen molar-refractivity contribution in [1.29, 1.82) is 0 Å². The fraction of sp³-hybridized carbons (Fsp3) is 0.250. The molecule has 2 aromatic rings. The topological polar surface area (TPSA) is 84.2 Å². The molecule has 116 valence electrons. The van der Waals surface area contributed by atoms with E-state index >= 15 is 0 Å². The summed E-state index contributed by atoms with van der Waals surface area (Å²) in [6.07, 6.45) is 0.720. The van der Waals surface area contributed by atoms with Gasteiger partial charge in [-0.1, -0.05) is 18.2 Å². The fourth-order valence-electron chi connectivity index (χ4n) is 1.91. The summed E-state index contributed by atoms with van der Waals surface area (Å²) in [6, 6.07) is 10.5. The van der Waals surface area contributed by atoms with Crippen LogP contribution in [0.15, 0.2) is 41.8 Å². The van der Waals surface area contributed by atoms with E-state index in [2.05, 4.69) is 10.6 Å². The number of anilines is 1. The van der Waals surface area contributed by atoms with Gasteiger partial charge < -0.3 is 16.4 Å². The third-order valence-electron chi connectivity index (χ3n) is 3.18. The molecule has 0 fully saturated rings. The molecular weight excluding hydrogens is 298 g/mol. The van der Waals surface area contributed by atoms with Crippen molar-refractivity contribution in [2.45, 2.75) is 19.4 Å². The number of hydrogen-bond acceptors (Lipinski definition) is 4. The van der Waals surface area contributed by atoms with Crippen LogP contribution in [0, 0.1) is 0 Å². The molecule has 0 aliphatic carbocycles. The summed E-state index contributed by atoms with van der Waals surface area (Å²) in [5, 5.41) is 7.32. The Morgan fingerprint density at radius 2 is 1.95 bits per heavy atom. The smallest absolute Gasteiger partial charge is 0.261 e. The second-order valence-electron chi connectivity index (χ2n) is 4.96. The fourth-order valence-corrected chi connectivity index (χ4v) is 2.54. The van der Waals surface area contributed by atoms with E-state index in [1.165, 1.54) is 11.3 Å². The van der Waals surface area contributed by atoms with Gasteiger partial charge in [0, 0.05) is 12.2 Å². The van der Waals surface area contributed by atoms with Crippen LogP contribution in [0.1, 0.15) is 22.2 Å². The molecule has 0 spiro atoms. The Balaban J connectivity index is 1.74. The number of carbonyl (C=O) groups excluding carboxylic acids is 2. The van der Waals surface area contributed by atoms with Gasteiger partial charge in [-0.15, -0.1) is 11.3 Å². The average Bonchev–Trinajstić information content (AvgIpc) is 3.03. The highest BCUT2D eigenvalue weighted by Gasteiger charge is 2.16. The van der Waals surface area contributed by atoms with Gasteiger partial charge in [-0.2, -0.15) is 0 Å². The molecule has 0 saturated heterocycles. The summed E-state index contributed by atoms with van der Waals surface area (Å²) in [5.41, 5.74) is 7.44. The van der Waals surface area contributed by atoms with Crippen LogP contribution in [0.4, 0.5) is 5.69 Å². The van der Waals surface area contributed by atoms with Crippen molar-refractivity contribution in [1.82, 2.24) is 10.6 Å². The van der Waals surface area contributed by atoms with Crippen LogP contribution in [0.3, 0.4) is 0 Å². The van der Waals surface area contributed by atoms with Gasteiger partial charge in [-0.05, 0) is 42.5 Å². The maximum absolute atomic E-state index is 12.0. The average molecular weight is 317 g/mol. The van der Waals surface area contributed by atoms with Crippen molar-refractivity contribution in [3.8, 4) is 0 Å². The lowest BCUT2D eigenvalue weighted by molar-refractivity contribution is -0.122. The minimum atomic E-state index is -0.569. The van der Waals surface area contributed by atoms with Crippen LogP contribution in [-0.2, 0) is 11.2 Å². The first-order chi connectivity index (χ1) is 10.6. The van der Waals surface area contributed by atoms with E-state index in [4.69, 9.17) is 5.73 Å². The molecule has 2 rings (SSSR count). The number of thiophene rings is 1. The van der Waals surface area contributed by atoms with E-state index in [1.54, 1.807) is 19.1 Å². The van der Waals surface area contributed by atoms with E-state index in [1.807, 2.05) is 29.6 Å². The van der Waals surface area contributed by atoms with Gasteiger partial charge >= 0.3 is 0 Å². The monoisotopic (exact) mass is 317 g/mol. The molecule has 5 nitrogen and oxygen atoms in total. The first-order valence-electron chi connectivity index (χ1n) is 7.03. The van der Waals surface area contributed by atoms with Gasteiger partial charge in [-0.3, -0.25) is 9.59 Å². The largest absolute Gasteiger partial charge is 0.399 e. The molecule has 0 bridgehead atoms. The molecule has 0 aliphatic rings. The zero-order valence-corrected chi connectivity index (χ0v) is 13.2. The molecule has 0 saturated carbocycles. The number of amides is 2. The third-order valence-corrected chi connectivity index (χ3v) is 4.05. The number of nitrogen functional groups attached to an aromatic ring is 1. The summed E-state index contributed by atoms with van der Waals surface area (Å²) in [6.45, 7) is 2.19. The predicted octanol–water partition coefficient (Wildman–Crippen LogP) is 1.81. The molecule has 22 heavy (non-hydrogen) atoms. The van der Waals surface area contributed by atoms with Crippen LogP contribution < -0.4 is 16.4 Å². The number of hydrogen-bond donors (Lipinski definition) is 3. The number of benzene rings is 1. The zero-order valence-electron chi connectivity index (χ0n) is 12.3. The summed E-state index contributed by atoms with van der Waals surface area (Å²) in [5.74, 6) is -0.420. The lowest BCUT2D eigenvalue weighted by Gasteiger charge is -2.13. The Bertz CT molecular complexity index is 623. The first kappa shape index (κ1) is 16.0. The number of rotatable bonds is 6. The lowest BCUT2D eigenvalue weighted by Crippen LogP contribution is -2.45. The molecular formula is C16H19N3O2S. The Hall–Kier alpha value is -2.34. The highest BCUT2D eigenvalue weighted by molar-refractivity contribution is 7.12. The maximum Gasteiger partial charge on any atom is 0.261 e. The van der Waals surface area contributed by atoms with E-state index in [-0.39, 0.29) is 11.8 Å². The highest BCUT2D eigenvalue weighted by Crippen LogP contribution is 2.08. The SMILES string of the molecule is CC(NC(=O)c1cccs1)C(=O)NCCc1ccc(N)cc1. The lowest BCUT2D eigenvalue weighted by atomic mass is 10.1. The van der Waals surface area contributed by atoms with Crippen molar-refractivity contribution in [2.75, 3.05) is 12.3 Å². The van der Waals surface area contributed by atoms with Crippen LogP contribution in [0.25, 0.3) is 0 Å².